The molecule has 0 atom stereocenters. The van der Waals surface area contributed by atoms with Crippen LogP contribution in [0.1, 0.15) is 36.2 Å². The molecular weight excluding hydrogens is 374 g/mol. The van der Waals surface area contributed by atoms with Gasteiger partial charge < -0.3 is 5.32 Å². The second-order valence-corrected chi connectivity index (χ2v) is 7.73. The predicted molar refractivity (Wildman–Crippen MR) is 110 cm³/mol. The van der Waals surface area contributed by atoms with Crippen molar-refractivity contribution >= 4 is 40.0 Å². The maximum Gasteiger partial charge on any atom is 0.262 e. The second-order valence-electron chi connectivity index (χ2n) is 6.79. The van der Waals surface area contributed by atoms with Gasteiger partial charge in [-0.2, -0.15) is 0 Å². The fraction of sp³-hybridized carbons (Fsp3) is 0.238. The number of anilines is 1. The van der Waals surface area contributed by atoms with Crippen LogP contribution in [-0.4, -0.2) is 27.0 Å². The summed E-state index contributed by atoms with van der Waals surface area (Å²) in [6.45, 7) is 1.50. The molecule has 1 aliphatic carbocycles. The number of para-hydroxylation sites is 1. The minimum Gasteiger partial charge on any atom is -0.325 e. The first-order valence-electron chi connectivity index (χ1n) is 9.08. The van der Waals surface area contributed by atoms with Crippen LogP contribution in [-0.2, 0) is 4.79 Å². The molecule has 2 aromatic carbocycles. The standard InChI is InChI=1S/C21H19N3O3S/c1-13(25)14-6-8-15(9-7-14)22-19(26)12-28-21-23-18-5-3-2-4-17(18)20(27)24(21)16-10-11-16/h2-9,16H,10-12H2,1H3,(H,22,26). The van der Waals surface area contributed by atoms with Crippen LogP contribution < -0.4 is 10.9 Å². The Bertz CT molecular complexity index is 1120. The molecule has 1 amide bonds. The number of Topliss-reactive ketones (excluding diaryl/α,β-unsaturated/α-hetero) is 1. The van der Waals surface area contributed by atoms with Crippen LogP contribution in [0.2, 0.25) is 0 Å². The molecular formula is C21H19N3O3S. The minimum atomic E-state index is -0.190. The molecule has 4 rings (SSSR count). The van der Waals surface area contributed by atoms with E-state index < -0.39 is 0 Å². The fourth-order valence-electron chi connectivity index (χ4n) is 3.00. The summed E-state index contributed by atoms with van der Waals surface area (Å²) in [7, 11) is 0. The Morgan fingerprint density at radius 3 is 2.54 bits per heavy atom. The number of aromatic nitrogens is 2. The summed E-state index contributed by atoms with van der Waals surface area (Å²) in [6.07, 6.45) is 1.92. The molecule has 6 nitrogen and oxygen atoms in total. The highest BCUT2D eigenvalue weighted by atomic mass is 32.2. The molecule has 0 bridgehead atoms. The van der Waals surface area contributed by atoms with Gasteiger partial charge in [0.15, 0.2) is 10.9 Å². The minimum absolute atomic E-state index is 0.0196. The molecule has 0 spiro atoms. The van der Waals surface area contributed by atoms with Crippen molar-refractivity contribution in [1.29, 1.82) is 0 Å². The van der Waals surface area contributed by atoms with Crippen molar-refractivity contribution in [2.45, 2.75) is 31.0 Å². The number of nitrogens with zero attached hydrogens (tertiary/aromatic N) is 2. The number of ketones is 1. The van der Waals surface area contributed by atoms with E-state index in [1.807, 2.05) is 18.2 Å². The van der Waals surface area contributed by atoms with E-state index >= 15 is 0 Å². The van der Waals surface area contributed by atoms with Crippen molar-refractivity contribution in [1.82, 2.24) is 9.55 Å². The van der Waals surface area contributed by atoms with E-state index in [1.165, 1.54) is 18.7 Å². The SMILES string of the molecule is CC(=O)c1ccc(NC(=O)CSc2nc3ccccc3c(=O)n2C2CC2)cc1. The number of thioether (sulfide) groups is 1. The fourth-order valence-corrected chi connectivity index (χ4v) is 3.86. The first-order chi connectivity index (χ1) is 13.5. The number of amides is 1. The zero-order chi connectivity index (χ0) is 19.7. The van der Waals surface area contributed by atoms with Gasteiger partial charge >= 0.3 is 0 Å². The summed E-state index contributed by atoms with van der Waals surface area (Å²) in [5.41, 5.74) is 1.82. The van der Waals surface area contributed by atoms with Crippen molar-refractivity contribution in [2.75, 3.05) is 11.1 Å². The monoisotopic (exact) mass is 393 g/mol. The lowest BCUT2D eigenvalue weighted by Gasteiger charge is -2.12. The van der Waals surface area contributed by atoms with Crippen LogP contribution in [0.4, 0.5) is 5.69 Å². The third-order valence-electron chi connectivity index (χ3n) is 4.60. The molecule has 28 heavy (non-hydrogen) atoms. The number of carbonyl (C=O) groups excluding carboxylic acids is 2. The van der Waals surface area contributed by atoms with E-state index in [0.717, 1.165) is 12.8 Å². The number of benzene rings is 2. The summed E-state index contributed by atoms with van der Waals surface area (Å²) in [4.78, 5) is 41.1. The normalized spacial score (nSPS) is 13.5. The molecule has 1 saturated carbocycles. The number of nitrogens with one attached hydrogen (secondary N) is 1. The predicted octanol–water partition coefficient (Wildman–Crippen LogP) is 3.66. The average molecular weight is 393 g/mol. The summed E-state index contributed by atoms with van der Waals surface area (Å²) in [6, 6.07) is 14.2. The van der Waals surface area contributed by atoms with E-state index in [-0.39, 0.29) is 29.0 Å². The lowest BCUT2D eigenvalue weighted by Crippen LogP contribution is -2.23. The molecule has 0 unspecified atom stereocenters. The van der Waals surface area contributed by atoms with Crippen LogP contribution in [0.25, 0.3) is 10.9 Å². The van der Waals surface area contributed by atoms with E-state index in [2.05, 4.69) is 10.3 Å². The van der Waals surface area contributed by atoms with Gasteiger partial charge in [-0.05, 0) is 56.2 Å². The number of hydrogen-bond donors (Lipinski definition) is 1. The molecule has 1 N–H and O–H groups in total. The zero-order valence-electron chi connectivity index (χ0n) is 15.3. The molecule has 1 aromatic heterocycles. The van der Waals surface area contributed by atoms with Crippen molar-refractivity contribution in [2.24, 2.45) is 0 Å². The largest absolute Gasteiger partial charge is 0.325 e. The van der Waals surface area contributed by atoms with Gasteiger partial charge in [0.1, 0.15) is 0 Å². The third-order valence-corrected chi connectivity index (χ3v) is 5.55. The van der Waals surface area contributed by atoms with Gasteiger partial charge in [-0.15, -0.1) is 0 Å². The summed E-state index contributed by atoms with van der Waals surface area (Å²) < 4.78 is 1.72. The maximum atomic E-state index is 12.8. The first-order valence-corrected chi connectivity index (χ1v) is 10.1. The number of rotatable bonds is 6. The Kier molecular flexibility index (Phi) is 5.00. The highest BCUT2D eigenvalue weighted by Gasteiger charge is 2.28. The van der Waals surface area contributed by atoms with Gasteiger partial charge in [-0.25, -0.2) is 4.98 Å². The molecule has 1 aliphatic rings. The summed E-state index contributed by atoms with van der Waals surface area (Å²) >= 11 is 1.27. The van der Waals surface area contributed by atoms with Crippen LogP contribution >= 0.6 is 11.8 Å². The lowest BCUT2D eigenvalue weighted by molar-refractivity contribution is -0.113. The number of fused-ring (bicyclic) bond motifs is 1. The molecule has 0 radical (unpaired) electrons. The molecule has 0 saturated heterocycles. The highest BCUT2D eigenvalue weighted by Crippen LogP contribution is 2.36. The van der Waals surface area contributed by atoms with Crippen LogP contribution in [0.3, 0.4) is 0 Å². The average Bonchev–Trinajstić information content (AvgIpc) is 3.52. The van der Waals surface area contributed by atoms with Crippen LogP contribution in [0.15, 0.2) is 58.5 Å². The Morgan fingerprint density at radius 2 is 1.86 bits per heavy atom. The molecule has 3 aromatic rings. The van der Waals surface area contributed by atoms with Crippen molar-refractivity contribution < 1.29 is 9.59 Å². The Balaban J connectivity index is 1.50. The summed E-state index contributed by atoms with van der Waals surface area (Å²) in [5, 5.41) is 3.99. The van der Waals surface area contributed by atoms with Crippen LogP contribution in [0.5, 0.6) is 0 Å². The van der Waals surface area contributed by atoms with E-state index in [0.29, 0.717) is 27.3 Å². The lowest BCUT2D eigenvalue weighted by atomic mass is 10.1. The second kappa shape index (κ2) is 7.59. The van der Waals surface area contributed by atoms with Crippen LogP contribution in [0, 0.1) is 0 Å². The topological polar surface area (TPSA) is 81.1 Å². The van der Waals surface area contributed by atoms with Gasteiger partial charge in [0.2, 0.25) is 5.91 Å². The van der Waals surface area contributed by atoms with Crippen molar-refractivity contribution in [3.63, 3.8) is 0 Å². The van der Waals surface area contributed by atoms with Crippen molar-refractivity contribution in [3.8, 4) is 0 Å². The maximum absolute atomic E-state index is 12.8. The quantitative estimate of drug-likeness (QED) is 0.393. The van der Waals surface area contributed by atoms with Gasteiger partial charge in [-0.3, -0.25) is 19.0 Å². The Labute approximate surface area is 166 Å². The highest BCUT2D eigenvalue weighted by molar-refractivity contribution is 7.99. The van der Waals surface area contributed by atoms with Gasteiger partial charge in [-0.1, -0.05) is 23.9 Å². The third kappa shape index (κ3) is 3.84. The Morgan fingerprint density at radius 1 is 1.14 bits per heavy atom. The van der Waals surface area contributed by atoms with Crippen molar-refractivity contribution in [3.05, 3.63) is 64.4 Å². The Hall–Kier alpha value is -2.93. The smallest absolute Gasteiger partial charge is 0.262 e. The van der Waals surface area contributed by atoms with E-state index in [1.54, 1.807) is 34.9 Å². The molecule has 1 heterocycles. The zero-order valence-corrected chi connectivity index (χ0v) is 16.2. The van der Waals surface area contributed by atoms with Gasteiger partial charge in [0, 0.05) is 17.3 Å². The molecule has 1 fully saturated rings. The van der Waals surface area contributed by atoms with Gasteiger partial charge in [0.25, 0.3) is 5.56 Å². The van der Waals surface area contributed by atoms with E-state index in [4.69, 9.17) is 0 Å². The number of carbonyl (C=O) groups is 2. The first kappa shape index (κ1) is 18.4. The van der Waals surface area contributed by atoms with Gasteiger partial charge in [0.05, 0.1) is 16.7 Å². The molecule has 7 heteroatoms. The van der Waals surface area contributed by atoms with E-state index in [9.17, 15) is 14.4 Å². The number of hydrogen-bond acceptors (Lipinski definition) is 5. The summed E-state index contributed by atoms with van der Waals surface area (Å²) in [5.74, 6) is -0.0643. The molecule has 142 valence electrons. The molecule has 0 aliphatic heterocycles.